The van der Waals surface area contributed by atoms with Crippen LogP contribution in [0.15, 0.2) is 48.5 Å². The van der Waals surface area contributed by atoms with Crippen LogP contribution < -0.4 is 9.62 Å². The molecule has 146 valence electrons. The van der Waals surface area contributed by atoms with E-state index in [1.54, 1.807) is 37.4 Å². The molecule has 6 nitrogen and oxygen atoms in total. The van der Waals surface area contributed by atoms with Crippen molar-refractivity contribution in [3.63, 3.8) is 0 Å². The number of carbonyl (C=O) groups is 1. The molecular weight excluding hydrogens is 364 g/mol. The van der Waals surface area contributed by atoms with Crippen molar-refractivity contribution < 1.29 is 17.9 Å². The fraction of sp³-hybridized carbons (Fsp3) is 0.350. The normalized spacial score (nSPS) is 12.4. The Morgan fingerprint density at radius 2 is 1.85 bits per heavy atom. The number of carbonyl (C=O) groups excluding carboxylic acids is 1. The molecule has 0 fully saturated rings. The van der Waals surface area contributed by atoms with Crippen molar-refractivity contribution in [2.75, 3.05) is 24.3 Å². The molecule has 0 radical (unpaired) electrons. The number of amides is 1. The van der Waals surface area contributed by atoms with Gasteiger partial charge >= 0.3 is 0 Å². The van der Waals surface area contributed by atoms with Crippen LogP contribution in [0.1, 0.15) is 28.4 Å². The first-order chi connectivity index (χ1) is 12.7. The Labute approximate surface area is 161 Å². The van der Waals surface area contributed by atoms with Crippen LogP contribution in [0.25, 0.3) is 0 Å². The van der Waals surface area contributed by atoms with Crippen molar-refractivity contribution in [3.8, 4) is 0 Å². The number of anilines is 1. The first-order valence-corrected chi connectivity index (χ1v) is 10.5. The minimum Gasteiger partial charge on any atom is -0.383 e. The van der Waals surface area contributed by atoms with Crippen molar-refractivity contribution in [2.24, 2.45) is 0 Å². The van der Waals surface area contributed by atoms with Gasteiger partial charge in [-0.2, -0.15) is 0 Å². The number of nitrogens with one attached hydrogen (secondary N) is 1. The fourth-order valence-electron chi connectivity index (χ4n) is 2.71. The van der Waals surface area contributed by atoms with E-state index in [1.807, 2.05) is 32.0 Å². The molecule has 2 aromatic rings. The number of aryl methyl sites for hydroxylation is 1. The molecule has 0 spiro atoms. The maximum absolute atomic E-state index is 12.3. The molecule has 0 aromatic heterocycles. The Kier molecular flexibility index (Phi) is 6.98. The molecule has 0 bridgehead atoms. The van der Waals surface area contributed by atoms with E-state index >= 15 is 0 Å². The van der Waals surface area contributed by atoms with Gasteiger partial charge in [0.05, 0.1) is 25.1 Å². The summed E-state index contributed by atoms with van der Waals surface area (Å²) in [6, 6.07) is 14.2. The van der Waals surface area contributed by atoms with Crippen molar-refractivity contribution in [1.82, 2.24) is 5.32 Å². The number of nitrogens with zero attached hydrogens (tertiary/aromatic N) is 1. The van der Waals surface area contributed by atoms with Crippen molar-refractivity contribution in [2.45, 2.75) is 26.4 Å². The largest absolute Gasteiger partial charge is 0.383 e. The molecule has 0 unspecified atom stereocenters. The highest BCUT2D eigenvalue weighted by molar-refractivity contribution is 7.92. The molecule has 0 saturated heterocycles. The average Bonchev–Trinajstić information content (AvgIpc) is 2.59. The van der Waals surface area contributed by atoms with Crippen LogP contribution in [0, 0.1) is 6.92 Å². The molecule has 1 amide bonds. The third-order valence-electron chi connectivity index (χ3n) is 4.03. The minimum absolute atomic E-state index is 0.0933. The third kappa shape index (κ3) is 6.08. The molecular formula is C20H26N2O4S. The third-order valence-corrected chi connectivity index (χ3v) is 5.17. The van der Waals surface area contributed by atoms with Crippen LogP contribution in [0.4, 0.5) is 5.69 Å². The standard InChI is InChI=1S/C20H26N2O4S/c1-15-6-5-7-19(12-15)22(27(4,24)25)13-17-8-10-18(11-9-17)20(23)21-16(2)14-26-3/h5-12,16H,13-14H2,1-4H3,(H,21,23)/t16-/m0/s1. The predicted octanol–water partition coefficient (Wildman–Crippen LogP) is 2.73. The predicted molar refractivity (Wildman–Crippen MR) is 107 cm³/mol. The van der Waals surface area contributed by atoms with Gasteiger partial charge in [-0.1, -0.05) is 24.3 Å². The number of hydrogen-bond donors (Lipinski definition) is 1. The number of hydrogen-bond acceptors (Lipinski definition) is 4. The summed E-state index contributed by atoms with van der Waals surface area (Å²) in [6.45, 7) is 4.41. The summed E-state index contributed by atoms with van der Waals surface area (Å²) >= 11 is 0. The van der Waals surface area contributed by atoms with Crippen molar-refractivity contribution in [1.29, 1.82) is 0 Å². The molecule has 7 heteroatoms. The Morgan fingerprint density at radius 1 is 1.19 bits per heavy atom. The molecule has 0 aliphatic heterocycles. The number of benzene rings is 2. The SMILES string of the molecule is COC[C@H](C)NC(=O)c1ccc(CN(c2cccc(C)c2)S(C)(=O)=O)cc1. The van der Waals surface area contributed by atoms with E-state index in [2.05, 4.69) is 5.32 Å². The van der Waals surface area contributed by atoms with Gasteiger partial charge in [0.2, 0.25) is 10.0 Å². The zero-order chi connectivity index (χ0) is 20.0. The number of rotatable bonds is 8. The van der Waals surface area contributed by atoms with Gasteiger partial charge in [-0.15, -0.1) is 0 Å². The molecule has 0 aliphatic rings. The Morgan fingerprint density at radius 3 is 2.41 bits per heavy atom. The lowest BCUT2D eigenvalue weighted by atomic mass is 10.1. The zero-order valence-electron chi connectivity index (χ0n) is 16.1. The van der Waals surface area contributed by atoms with E-state index in [1.165, 1.54) is 10.6 Å². The lowest BCUT2D eigenvalue weighted by Crippen LogP contribution is -2.35. The summed E-state index contributed by atoms with van der Waals surface area (Å²) in [5.74, 6) is -0.190. The lowest BCUT2D eigenvalue weighted by Gasteiger charge is -2.23. The molecule has 2 aromatic carbocycles. The maximum Gasteiger partial charge on any atom is 0.251 e. The second kappa shape index (κ2) is 9.01. The quantitative estimate of drug-likeness (QED) is 0.752. The summed E-state index contributed by atoms with van der Waals surface area (Å²) in [7, 11) is -1.86. The van der Waals surface area contributed by atoms with E-state index in [0.717, 1.165) is 11.1 Å². The molecule has 2 rings (SSSR count). The molecule has 0 aliphatic carbocycles. The van der Waals surface area contributed by atoms with Gasteiger partial charge in [-0.05, 0) is 49.2 Å². The van der Waals surface area contributed by atoms with Gasteiger partial charge in [0.15, 0.2) is 0 Å². The Hall–Kier alpha value is -2.38. The van der Waals surface area contributed by atoms with E-state index in [-0.39, 0.29) is 18.5 Å². The van der Waals surface area contributed by atoms with Crippen LogP contribution in [0.3, 0.4) is 0 Å². The number of ether oxygens (including phenoxy) is 1. The smallest absolute Gasteiger partial charge is 0.251 e. The van der Waals surface area contributed by atoms with E-state index in [9.17, 15) is 13.2 Å². The monoisotopic (exact) mass is 390 g/mol. The van der Waals surface area contributed by atoms with Crippen LogP contribution in [-0.2, 0) is 21.3 Å². The van der Waals surface area contributed by atoms with Crippen LogP contribution in [0.5, 0.6) is 0 Å². The molecule has 0 saturated carbocycles. The first-order valence-electron chi connectivity index (χ1n) is 8.64. The van der Waals surface area contributed by atoms with Crippen LogP contribution >= 0.6 is 0 Å². The van der Waals surface area contributed by atoms with Crippen molar-refractivity contribution in [3.05, 3.63) is 65.2 Å². The highest BCUT2D eigenvalue weighted by Gasteiger charge is 2.18. The average molecular weight is 391 g/mol. The van der Waals surface area contributed by atoms with Crippen molar-refractivity contribution >= 4 is 21.6 Å². The summed E-state index contributed by atoms with van der Waals surface area (Å²) in [5, 5.41) is 2.84. The van der Waals surface area contributed by atoms with E-state index in [0.29, 0.717) is 17.9 Å². The zero-order valence-corrected chi connectivity index (χ0v) is 16.9. The second-order valence-electron chi connectivity index (χ2n) is 6.64. The van der Waals surface area contributed by atoms with Gasteiger partial charge in [-0.3, -0.25) is 9.10 Å². The van der Waals surface area contributed by atoms with Crippen LogP contribution in [-0.4, -0.2) is 40.3 Å². The number of sulfonamides is 1. The van der Waals surface area contributed by atoms with Gasteiger partial charge in [0.1, 0.15) is 0 Å². The topological polar surface area (TPSA) is 75.7 Å². The first kappa shape index (κ1) is 20.9. The summed E-state index contributed by atoms with van der Waals surface area (Å²) in [4.78, 5) is 12.2. The van der Waals surface area contributed by atoms with Gasteiger partial charge in [-0.25, -0.2) is 8.42 Å². The maximum atomic E-state index is 12.3. The molecule has 1 atom stereocenters. The Balaban J connectivity index is 2.16. The van der Waals surface area contributed by atoms with Gasteiger partial charge in [0, 0.05) is 18.7 Å². The summed E-state index contributed by atoms with van der Waals surface area (Å²) in [5.41, 5.74) is 2.91. The van der Waals surface area contributed by atoms with E-state index in [4.69, 9.17) is 4.74 Å². The Bertz CT molecular complexity index is 879. The van der Waals surface area contributed by atoms with Gasteiger partial charge < -0.3 is 10.1 Å². The summed E-state index contributed by atoms with van der Waals surface area (Å²) < 4.78 is 30.9. The van der Waals surface area contributed by atoms with E-state index < -0.39 is 10.0 Å². The minimum atomic E-state index is -3.44. The summed E-state index contributed by atoms with van der Waals surface area (Å²) in [6.07, 6.45) is 1.19. The highest BCUT2D eigenvalue weighted by Crippen LogP contribution is 2.22. The molecule has 0 heterocycles. The second-order valence-corrected chi connectivity index (χ2v) is 8.54. The molecule has 1 N–H and O–H groups in total. The lowest BCUT2D eigenvalue weighted by molar-refractivity contribution is 0.0905. The molecule has 27 heavy (non-hydrogen) atoms. The van der Waals surface area contributed by atoms with Crippen LogP contribution in [0.2, 0.25) is 0 Å². The van der Waals surface area contributed by atoms with Gasteiger partial charge in [0.25, 0.3) is 5.91 Å². The fourth-order valence-corrected chi connectivity index (χ4v) is 3.59. The number of methoxy groups -OCH3 is 1. The highest BCUT2D eigenvalue weighted by atomic mass is 32.2.